The maximum Gasteiger partial charge on any atom is 0.254 e. The molecule has 3 heterocycles. The zero-order valence-electron chi connectivity index (χ0n) is 12.9. The van der Waals surface area contributed by atoms with Crippen molar-refractivity contribution in [3.05, 3.63) is 27.4 Å². The Labute approximate surface area is 128 Å². The van der Waals surface area contributed by atoms with E-state index in [9.17, 15) is 14.7 Å². The Morgan fingerprint density at radius 2 is 2.32 bits per heavy atom. The first-order valence-electron chi connectivity index (χ1n) is 7.48. The normalized spacial score (nSPS) is 27.2. The van der Waals surface area contributed by atoms with Gasteiger partial charge in [-0.3, -0.25) is 9.59 Å². The van der Waals surface area contributed by atoms with Crippen molar-refractivity contribution in [3.8, 4) is 0 Å². The highest BCUT2D eigenvalue weighted by Crippen LogP contribution is 2.40. The Balaban J connectivity index is 1.76. The van der Waals surface area contributed by atoms with Crippen molar-refractivity contribution in [1.82, 2.24) is 14.9 Å². The zero-order chi connectivity index (χ0) is 15.9. The number of aliphatic hydroxyl groups is 1. The Morgan fingerprint density at radius 3 is 2.95 bits per heavy atom. The fourth-order valence-electron chi connectivity index (χ4n) is 3.47. The van der Waals surface area contributed by atoms with Crippen LogP contribution < -0.4 is 5.56 Å². The maximum absolute atomic E-state index is 12.5. The van der Waals surface area contributed by atoms with Crippen LogP contribution in [0.4, 0.5) is 0 Å². The van der Waals surface area contributed by atoms with E-state index in [0.717, 1.165) is 0 Å². The van der Waals surface area contributed by atoms with E-state index in [1.807, 2.05) is 0 Å². The molecule has 7 heteroatoms. The van der Waals surface area contributed by atoms with Crippen LogP contribution >= 0.6 is 0 Å². The molecule has 0 bridgehead atoms. The molecule has 0 radical (unpaired) electrons. The average Bonchev–Trinajstić information content (AvgIpc) is 2.99. The molecule has 2 saturated heterocycles. The molecule has 2 fully saturated rings. The van der Waals surface area contributed by atoms with Gasteiger partial charge in [-0.2, -0.15) is 0 Å². The summed E-state index contributed by atoms with van der Waals surface area (Å²) in [5.74, 6) is 0.629. The van der Waals surface area contributed by atoms with E-state index in [4.69, 9.17) is 4.74 Å². The van der Waals surface area contributed by atoms with Crippen LogP contribution in [0.15, 0.2) is 4.79 Å². The van der Waals surface area contributed by atoms with Gasteiger partial charge in [0.05, 0.1) is 26.2 Å². The minimum absolute atomic E-state index is 0.0210. The molecular formula is C15H21N3O4. The Morgan fingerprint density at radius 1 is 1.55 bits per heavy atom. The minimum atomic E-state index is -0.331. The van der Waals surface area contributed by atoms with Gasteiger partial charge in [-0.05, 0) is 13.8 Å². The van der Waals surface area contributed by atoms with Crippen LogP contribution in [0.5, 0.6) is 0 Å². The van der Waals surface area contributed by atoms with Crippen LogP contribution in [0.2, 0.25) is 0 Å². The molecule has 2 aliphatic heterocycles. The Bertz CT molecular complexity index is 657. The van der Waals surface area contributed by atoms with Crippen molar-refractivity contribution in [2.24, 2.45) is 11.3 Å². The second kappa shape index (κ2) is 5.48. The molecule has 2 atom stereocenters. The summed E-state index contributed by atoms with van der Waals surface area (Å²) in [6, 6.07) is 0. The molecule has 22 heavy (non-hydrogen) atoms. The second-order valence-electron chi connectivity index (χ2n) is 6.40. The molecule has 120 valence electrons. The van der Waals surface area contributed by atoms with Crippen molar-refractivity contribution in [2.75, 3.05) is 32.9 Å². The topological polar surface area (TPSA) is 95.5 Å². The SMILES string of the molecule is Cc1nc(C)c(CC(=O)N2C[C@H]3COC[C@@]3(CO)C2)c(=O)[nH]1. The average molecular weight is 307 g/mol. The molecule has 0 saturated carbocycles. The number of hydrogen-bond acceptors (Lipinski definition) is 5. The van der Waals surface area contributed by atoms with Crippen molar-refractivity contribution < 1.29 is 14.6 Å². The first kappa shape index (κ1) is 15.2. The lowest BCUT2D eigenvalue weighted by atomic mass is 9.82. The summed E-state index contributed by atoms with van der Waals surface area (Å²) < 4.78 is 5.44. The summed E-state index contributed by atoms with van der Waals surface area (Å²) in [6.07, 6.45) is 0.0452. The second-order valence-corrected chi connectivity index (χ2v) is 6.40. The summed E-state index contributed by atoms with van der Waals surface area (Å²) in [5.41, 5.74) is 0.428. The molecular weight excluding hydrogens is 286 g/mol. The lowest BCUT2D eigenvalue weighted by Crippen LogP contribution is -2.37. The van der Waals surface area contributed by atoms with Crippen LogP contribution in [0.25, 0.3) is 0 Å². The molecule has 2 aliphatic rings. The van der Waals surface area contributed by atoms with E-state index in [1.54, 1.807) is 18.7 Å². The summed E-state index contributed by atoms with van der Waals surface area (Å²) in [5, 5.41) is 9.65. The Kier molecular flexibility index (Phi) is 3.78. The van der Waals surface area contributed by atoms with E-state index in [2.05, 4.69) is 9.97 Å². The van der Waals surface area contributed by atoms with Gasteiger partial charge < -0.3 is 19.7 Å². The molecule has 2 N–H and O–H groups in total. The van der Waals surface area contributed by atoms with E-state index < -0.39 is 0 Å². The number of nitrogens with zero attached hydrogens (tertiary/aromatic N) is 2. The number of aliphatic hydroxyl groups excluding tert-OH is 1. The molecule has 0 spiro atoms. The van der Waals surface area contributed by atoms with E-state index in [1.165, 1.54) is 0 Å². The van der Waals surface area contributed by atoms with Crippen molar-refractivity contribution >= 4 is 5.91 Å². The first-order chi connectivity index (χ1) is 10.4. The van der Waals surface area contributed by atoms with Crippen LogP contribution in [-0.2, 0) is 16.0 Å². The Hall–Kier alpha value is -1.73. The van der Waals surface area contributed by atoms with Gasteiger partial charge in [0.15, 0.2) is 0 Å². The van der Waals surface area contributed by atoms with Gasteiger partial charge in [-0.1, -0.05) is 0 Å². The van der Waals surface area contributed by atoms with Gasteiger partial charge in [-0.15, -0.1) is 0 Å². The van der Waals surface area contributed by atoms with Gasteiger partial charge in [0.1, 0.15) is 5.82 Å². The van der Waals surface area contributed by atoms with Gasteiger partial charge in [-0.25, -0.2) is 4.98 Å². The number of likely N-dealkylation sites (tertiary alicyclic amines) is 1. The van der Waals surface area contributed by atoms with Gasteiger partial charge in [0, 0.05) is 35.7 Å². The number of aryl methyl sites for hydroxylation is 2. The molecule has 1 amide bonds. The number of H-pyrrole nitrogens is 1. The van der Waals surface area contributed by atoms with E-state index >= 15 is 0 Å². The minimum Gasteiger partial charge on any atom is -0.396 e. The largest absolute Gasteiger partial charge is 0.396 e. The summed E-state index contributed by atoms with van der Waals surface area (Å²) in [6.45, 7) is 5.62. The molecule has 1 aromatic heterocycles. The van der Waals surface area contributed by atoms with Crippen molar-refractivity contribution in [1.29, 1.82) is 0 Å². The summed E-state index contributed by atoms with van der Waals surface area (Å²) in [4.78, 5) is 33.1. The molecule has 0 unspecified atom stereocenters. The number of rotatable bonds is 3. The van der Waals surface area contributed by atoms with Crippen LogP contribution in [0.1, 0.15) is 17.1 Å². The summed E-state index contributed by atoms with van der Waals surface area (Å²) >= 11 is 0. The highest BCUT2D eigenvalue weighted by atomic mass is 16.5. The zero-order valence-corrected chi connectivity index (χ0v) is 12.9. The number of ether oxygens (including phenoxy) is 1. The van der Waals surface area contributed by atoms with E-state index in [0.29, 0.717) is 43.4 Å². The quantitative estimate of drug-likeness (QED) is 0.777. The van der Waals surface area contributed by atoms with Gasteiger partial charge in [0.2, 0.25) is 5.91 Å². The number of aromatic nitrogens is 2. The lowest BCUT2D eigenvalue weighted by molar-refractivity contribution is -0.130. The lowest BCUT2D eigenvalue weighted by Gasteiger charge is -2.24. The van der Waals surface area contributed by atoms with Gasteiger partial charge >= 0.3 is 0 Å². The predicted molar refractivity (Wildman–Crippen MR) is 78.4 cm³/mol. The number of amides is 1. The maximum atomic E-state index is 12.5. The first-order valence-corrected chi connectivity index (χ1v) is 7.48. The van der Waals surface area contributed by atoms with Crippen LogP contribution in [0.3, 0.4) is 0 Å². The number of hydrogen-bond donors (Lipinski definition) is 2. The molecule has 0 aromatic carbocycles. The number of carbonyl (C=O) groups excluding carboxylic acids is 1. The smallest absolute Gasteiger partial charge is 0.254 e. The number of nitrogens with one attached hydrogen (secondary N) is 1. The molecule has 7 nitrogen and oxygen atoms in total. The highest BCUT2D eigenvalue weighted by molar-refractivity contribution is 5.79. The van der Waals surface area contributed by atoms with E-state index in [-0.39, 0.29) is 35.8 Å². The fraction of sp³-hybridized carbons (Fsp3) is 0.667. The molecule has 0 aliphatic carbocycles. The third kappa shape index (κ3) is 2.44. The number of fused-ring (bicyclic) bond motifs is 1. The highest BCUT2D eigenvalue weighted by Gasteiger charge is 2.51. The monoisotopic (exact) mass is 307 g/mol. The summed E-state index contributed by atoms with van der Waals surface area (Å²) in [7, 11) is 0. The fourth-order valence-corrected chi connectivity index (χ4v) is 3.47. The molecule has 3 rings (SSSR count). The third-order valence-electron chi connectivity index (χ3n) is 4.86. The molecule has 1 aromatic rings. The number of aromatic amines is 1. The van der Waals surface area contributed by atoms with Crippen molar-refractivity contribution in [2.45, 2.75) is 20.3 Å². The number of carbonyl (C=O) groups is 1. The van der Waals surface area contributed by atoms with Crippen LogP contribution in [0, 0.1) is 25.2 Å². The van der Waals surface area contributed by atoms with Gasteiger partial charge in [0.25, 0.3) is 5.56 Å². The predicted octanol–water partition coefficient (Wildman–Crippen LogP) is -0.603. The third-order valence-corrected chi connectivity index (χ3v) is 4.86. The van der Waals surface area contributed by atoms with Crippen LogP contribution in [-0.4, -0.2) is 58.8 Å². The van der Waals surface area contributed by atoms with Crippen molar-refractivity contribution in [3.63, 3.8) is 0 Å². The standard InChI is InChI=1S/C15H21N3O4/c1-9-12(14(21)17-10(2)16-9)3-13(20)18-4-11-5-22-8-15(11,6-18)7-19/h11,19H,3-8H2,1-2H3,(H,16,17,21)/t11-,15-/m0/s1.